The number of rotatable bonds is 2. The molecule has 0 aliphatic carbocycles. The predicted octanol–water partition coefficient (Wildman–Crippen LogP) is 4.36. The van der Waals surface area contributed by atoms with Crippen molar-refractivity contribution in [3.8, 4) is 23.0 Å². The minimum Gasteiger partial charge on any atom is -0.454 e. The predicted molar refractivity (Wildman–Crippen MR) is 101 cm³/mol. The van der Waals surface area contributed by atoms with Gasteiger partial charge in [-0.25, -0.2) is 0 Å². The number of fused-ring (bicyclic) bond motifs is 7. The highest BCUT2D eigenvalue weighted by molar-refractivity contribution is 5.88. The topological polar surface area (TPSA) is 40.2 Å². The van der Waals surface area contributed by atoms with Crippen molar-refractivity contribution >= 4 is 11.8 Å². The Labute approximate surface area is 158 Å². The van der Waals surface area contributed by atoms with Gasteiger partial charge in [0.2, 0.25) is 13.6 Å². The van der Waals surface area contributed by atoms with E-state index in [1.54, 1.807) is 0 Å². The summed E-state index contributed by atoms with van der Waals surface area (Å²) < 4.78 is 22.7. The summed E-state index contributed by atoms with van der Waals surface area (Å²) in [6, 6.07) is 8.80. The summed E-state index contributed by atoms with van der Waals surface area (Å²) >= 11 is 0. The summed E-state index contributed by atoms with van der Waals surface area (Å²) in [4.78, 5) is 2.54. The van der Waals surface area contributed by atoms with Crippen molar-refractivity contribution in [3.63, 3.8) is 0 Å². The maximum absolute atomic E-state index is 5.87. The Kier molecular flexibility index (Phi) is 3.16. The van der Waals surface area contributed by atoms with Crippen LogP contribution in [0.1, 0.15) is 48.1 Å². The van der Waals surface area contributed by atoms with Crippen molar-refractivity contribution in [1.29, 1.82) is 0 Å². The number of hydrogen-bond acceptors (Lipinski definition) is 5. The second kappa shape index (κ2) is 5.59. The van der Waals surface area contributed by atoms with E-state index in [-0.39, 0.29) is 0 Å². The van der Waals surface area contributed by atoms with E-state index in [9.17, 15) is 0 Å². The Morgan fingerprint density at radius 2 is 1.81 bits per heavy atom. The summed E-state index contributed by atoms with van der Waals surface area (Å²) in [6.07, 6.45) is 5.51. The van der Waals surface area contributed by atoms with Crippen molar-refractivity contribution in [2.75, 3.05) is 20.1 Å². The number of benzene rings is 2. The molecule has 0 unspecified atom stereocenters. The van der Waals surface area contributed by atoms with Crippen molar-refractivity contribution in [2.45, 2.75) is 32.2 Å². The third-order valence-electron chi connectivity index (χ3n) is 5.98. The van der Waals surface area contributed by atoms with Crippen LogP contribution in [0.3, 0.4) is 0 Å². The standard InChI is InChI=1S/C22H21NO4/c1-2-3-16-21-14(4-5-18-22(21)27-12-24-18)8-17-15-10-20-19(25-11-26-20)9-13(15)6-7-23(16)17/h4-5,8-10,16H,2-3,6-7,11-12H2,1H3/t16-/m0/s1. The second-order valence-corrected chi connectivity index (χ2v) is 7.44. The molecule has 1 atom stereocenters. The van der Waals surface area contributed by atoms with Crippen LogP contribution in [-0.4, -0.2) is 25.0 Å². The van der Waals surface area contributed by atoms with Crippen molar-refractivity contribution in [3.05, 3.63) is 46.5 Å². The lowest BCUT2D eigenvalue weighted by Gasteiger charge is -2.43. The van der Waals surface area contributed by atoms with E-state index >= 15 is 0 Å². The first kappa shape index (κ1) is 15.3. The van der Waals surface area contributed by atoms with Gasteiger partial charge in [0.05, 0.1) is 6.04 Å². The SMILES string of the molecule is CCC[C@H]1c2c(ccc3c2OCO3)C=C2c3cc4c(cc3CCN21)OCO4. The van der Waals surface area contributed by atoms with Crippen LogP contribution >= 0.6 is 0 Å². The van der Waals surface area contributed by atoms with E-state index in [0.29, 0.717) is 19.6 Å². The smallest absolute Gasteiger partial charge is 0.231 e. The minimum atomic E-state index is 0.306. The highest BCUT2D eigenvalue weighted by atomic mass is 16.7. The lowest BCUT2D eigenvalue weighted by atomic mass is 9.84. The molecule has 4 heterocycles. The quantitative estimate of drug-likeness (QED) is 0.793. The van der Waals surface area contributed by atoms with Crippen LogP contribution in [0.15, 0.2) is 24.3 Å². The van der Waals surface area contributed by atoms with Gasteiger partial charge in [0, 0.05) is 23.4 Å². The molecule has 4 aliphatic rings. The van der Waals surface area contributed by atoms with Gasteiger partial charge >= 0.3 is 0 Å². The third-order valence-corrected chi connectivity index (χ3v) is 5.98. The lowest BCUT2D eigenvalue weighted by molar-refractivity contribution is 0.170. The molecule has 0 amide bonds. The average Bonchev–Trinajstić information content (AvgIpc) is 3.34. The molecule has 138 valence electrons. The van der Waals surface area contributed by atoms with Gasteiger partial charge < -0.3 is 23.8 Å². The van der Waals surface area contributed by atoms with Gasteiger partial charge in [0.1, 0.15) is 0 Å². The normalized spacial score (nSPS) is 20.7. The largest absolute Gasteiger partial charge is 0.454 e. The fourth-order valence-electron chi connectivity index (χ4n) is 4.79. The monoisotopic (exact) mass is 363 g/mol. The summed E-state index contributed by atoms with van der Waals surface area (Å²) in [5.74, 6) is 3.51. The van der Waals surface area contributed by atoms with E-state index in [1.165, 1.54) is 28.0 Å². The van der Waals surface area contributed by atoms with Crippen molar-refractivity contribution < 1.29 is 18.9 Å². The first-order valence-corrected chi connectivity index (χ1v) is 9.67. The molecule has 5 heteroatoms. The van der Waals surface area contributed by atoms with E-state index in [4.69, 9.17) is 18.9 Å². The molecule has 2 aromatic rings. The molecule has 0 N–H and O–H groups in total. The molecule has 0 bridgehead atoms. The van der Waals surface area contributed by atoms with Crippen LogP contribution in [0.5, 0.6) is 23.0 Å². The van der Waals surface area contributed by atoms with Crippen molar-refractivity contribution in [2.24, 2.45) is 0 Å². The first-order chi connectivity index (χ1) is 13.3. The van der Waals surface area contributed by atoms with Crippen LogP contribution in [0, 0.1) is 0 Å². The molecule has 0 saturated carbocycles. The molecule has 5 nitrogen and oxygen atoms in total. The Morgan fingerprint density at radius 3 is 2.70 bits per heavy atom. The summed E-state index contributed by atoms with van der Waals surface area (Å²) in [7, 11) is 0. The van der Waals surface area contributed by atoms with Crippen LogP contribution in [0.25, 0.3) is 11.8 Å². The Hall–Kier alpha value is -2.82. The van der Waals surface area contributed by atoms with Gasteiger partial charge in [-0.2, -0.15) is 0 Å². The molecule has 27 heavy (non-hydrogen) atoms. The first-order valence-electron chi connectivity index (χ1n) is 9.67. The average molecular weight is 363 g/mol. The molecule has 4 aliphatic heterocycles. The second-order valence-electron chi connectivity index (χ2n) is 7.44. The minimum absolute atomic E-state index is 0.306. The van der Waals surface area contributed by atoms with Gasteiger partial charge in [-0.1, -0.05) is 19.4 Å². The molecule has 6 rings (SSSR count). The molecule has 0 aromatic heterocycles. The number of hydrogen-bond donors (Lipinski definition) is 0. The molecule has 0 spiro atoms. The van der Waals surface area contributed by atoms with E-state index in [1.807, 2.05) is 6.07 Å². The van der Waals surface area contributed by atoms with Gasteiger partial charge in [-0.15, -0.1) is 0 Å². The summed E-state index contributed by atoms with van der Waals surface area (Å²) in [5, 5.41) is 0. The molecular weight excluding hydrogens is 342 g/mol. The Bertz CT molecular complexity index is 981. The molecule has 0 saturated heterocycles. The van der Waals surface area contributed by atoms with Crippen LogP contribution < -0.4 is 18.9 Å². The molecule has 0 fully saturated rings. The maximum Gasteiger partial charge on any atom is 0.231 e. The van der Waals surface area contributed by atoms with E-state index in [2.05, 4.69) is 36.1 Å². The van der Waals surface area contributed by atoms with Crippen molar-refractivity contribution in [1.82, 2.24) is 4.90 Å². The zero-order valence-electron chi connectivity index (χ0n) is 15.3. The molecule has 2 aromatic carbocycles. The third kappa shape index (κ3) is 2.11. The fraction of sp³-hybridized carbons (Fsp3) is 0.364. The van der Waals surface area contributed by atoms with Gasteiger partial charge in [-0.3, -0.25) is 0 Å². The fourth-order valence-corrected chi connectivity index (χ4v) is 4.79. The highest BCUT2D eigenvalue weighted by Crippen LogP contribution is 2.51. The van der Waals surface area contributed by atoms with E-state index in [0.717, 1.165) is 48.8 Å². The number of ether oxygens (including phenoxy) is 4. The van der Waals surface area contributed by atoms with Crippen LogP contribution in [0.2, 0.25) is 0 Å². The van der Waals surface area contributed by atoms with Gasteiger partial charge in [0.25, 0.3) is 0 Å². The van der Waals surface area contributed by atoms with Crippen LogP contribution in [0.4, 0.5) is 0 Å². The Balaban J connectivity index is 1.55. The maximum atomic E-state index is 5.87. The van der Waals surface area contributed by atoms with Gasteiger partial charge in [0.15, 0.2) is 23.0 Å². The van der Waals surface area contributed by atoms with Crippen LogP contribution in [-0.2, 0) is 6.42 Å². The molecule has 0 radical (unpaired) electrons. The van der Waals surface area contributed by atoms with Gasteiger partial charge in [-0.05, 0) is 48.2 Å². The highest BCUT2D eigenvalue weighted by Gasteiger charge is 2.37. The zero-order chi connectivity index (χ0) is 18.0. The summed E-state index contributed by atoms with van der Waals surface area (Å²) in [5.41, 5.74) is 6.38. The lowest BCUT2D eigenvalue weighted by Crippen LogP contribution is -2.35. The zero-order valence-corrected chi connectivity index (χ0v) is 15.3. The summed E-state index contributed by atoms with van der Waals surface area (Å²) in [6.45, 7) is 3.86. The van der Waals surface area contributed by atoms with E-state index < -0.39 is 0 Å². The number of nitrogens with zero attached hydrogens (tertiary/aromatic N) is 1. The molecular formula is C22H21NO4. The Morgan fingerprint density at radius 1 is 1.00 bits per heavy atom.